The van der Waals surface area contributed by atoms with E-state index in [2.05, 4.69) is 31.3 Å². The Labute approximate surface area is 84.3 Å². The van der Waals surface area contributed by atoms with Gasteiger partial charge in [0.15, 0.2) is 0 Å². The van der Waals surface area contributed by atoms with Gasteiger partial charge >= 0.3 is 0 Å². The minimum atomic E-state index is -0.232. The lowest BCUT2D eigenvalue weighted by atomic mass is 9.90. The quantitative estimate of drug-likeness (QED) is 0.664. The molecule has 1 aromatic rings. The van der Waals surface area contributed by atoms with Crippen LogP contribution in [0.2, 0.25) is 0 Å². The van der Waals surface area contributed by atoms with Gasteiger partial charge in [-0.15, -0.1) is 0 Å². The summed E-state index contributed by atoms with van der Waals surface area (Å²) >= 11 is 0. The van der Waals surface area contributed by atoms with E-state index in [4.69, 9.17) is 0 Å². The second-order valence-corrected chi connectivity index (χ2v) is 4.33. The van der Waals surface area contributed by atoms with E-state index in [1.54, 1.807) is 0 Å². The second-order valence-electron chi connectivity index (χ2n) is 4.33. The molecule has 14 heavy (non-hydrogen) atoms. The number of carbonyl (C=O) groups excluding carboxylic acids is 1. The Morgan fingerprint density at radius 3 is 2.71 bits per heavy atom. The highest BCUT2D eigenvalue weighted by Crippen LogP contribution is 2.27. The molecule has 0 radical (unpaired) electrons. The van der Waals surface area contributed by atoms with Crippen molar-refractivity contribution in [3.05, 3.63) is 35.4 Å². The minimum Gasteiger partial charge on any atom is -0.347 e. The maximum atomic E-state index is 11.5. The molecule has 0 bridgehead atoms. The summed E-state index contributed by atoms with van der Waals surface area (Å²) < 4.78 is 0. The molecule has 0 aliphatic carbocycles. The third kappa shape index (κ3) is 1.52. The molecule has 2 nitrogen and oxygen atoms in total. The molecular weight excluding hydrogens is 174 g/mol. The van der Waals surface area contributed by atoms with Crippen LogP contribution in [0.25, 0.3) is 0 Å². The highest BCUT2D eigenvalue weighted by atomic mass is 16.1. The number of amides is 1. The van der Waals surface area contributed by atoms with Crippen LogP contribution >= 0.6 is 0 Å². The van der Waals surface area contributed by atoms with E-state index < -0.39 is 0 Å². The summed E-state index contributed by atoms with van der Waals surface area (Å²) in [7, 11) is 0. The molecule has 0 atom stereocenters. The molecule has 0 aromatic heterocycles. The number of benzene rings is 1. The molecule has 2 heteroatoms. The van der Waals surface area contributed by atoms with Crippen LogP contribution < -0.4 is 5.32 Å². The summed E-state index contributed by atoms with van der Waals surface area (Å²) in [4.78, 5) is 11.5. The molecular formula is C12H15NO. The van der Waals surface area contributed by atoms with Crippen molar-refractivity contribution >= 4 is 5.91 Å². The first kappa shape index (κ1) is 9.25. The van der Waals surface area contributed by atoms with E-state index in [0.29, 0.717) is 6.42 Å². The maximum Gasteiger partial charge on any atom is 0.221 e. The van der Waals surface area contributed by atoms with Gasteiger partial charge in [-0.2, -0.15) is 0 Å². The van der Waals surface area contributed by atoms with Gasteiger partial charge in [-0.1, -0.05) is 24.3 Å². The fraction of sp³-hybridized carbons (Fsp3) is 0.417. The van der Waals surface area contributed by atoms with Crippen molar-refractivity contribution in [2.75, 3.05) is 0 Å². The molecule has 0 fully saturated rings. The molecule has 0 saturated carbocycles. The molecule has 1 N–H and O–H groups in total. The molecule has 1 aliphatic rings. The van der Waals surface area contributed by atoms with Gasteiger partial charge in [0.25, 0.3) is 0 Å². The third-order valence-electron chi connectivity index (χ3n) is 2.76. The molecule has 1 heterocycles. The summed E-state index contributed by atoms with van der Waals surface area (Å²) in [5, 5.41) is 3.04. The largest absolute Gasteiger partial charge is 0.347 e. The second kappa shape index (κ2) is 3.12. The molecule has 0 spiro atoms. The number of fused-ring (bicyclic) bond motifs is 1. The Balaban J connectivity index is 2.50. The smallest absolute Gasteiger partial charge is 0.221 e. The van der Waals surface area contributed by atoms with Crippen molar-refractivity contribution < 1.29 is 4.79 Å². The SMILES string of the molecule is CC1(C)NC(=O)CCc2ccccc21. The highest BCUT2D eigenvalue weighted by molar-refractivity contribution is 5.78. The Morgan fingerprint density at radius 1 is 1.21 bits per heavy atom. The van der Waals surface area contributed by atoms with Crippen molar-refractivity contribution in [2.45, 2.75) is 32.2 Å². The first-order valence-corrected chi connectivity index (χ1v) is 4.99. The molecule has 1 aromatic carbocycles. The van der Waals surface area contributed by atoms with Gasteiger partial charge in [0.05, 0.1) is 5.54 Å². The molecule has 0 unspecified atom stereocenters. The fourth-order valence-corrected chi connectivity index (χ4v) is 2.07. The Kier molecular flexibility index (Phi) is 2.06. The van der Waals surface area contributed by atoms with E-state index in [1.165, 1.54) is 11.1 Å². The van der Waals surface area contributed by atoms with Crippen LogP contribution in [0.5, 0.6) is 0 Å². The van der Waals surface area contributed by atoms with Gasteiger partial charge in [-0.25, -0.2) is 0 Å². The first-order chi connectivity index (χ1) is 6.59. The minimum absolute atomic E-state index is 0.145. The average molecular weight is 189 g/mol. The standard InChI is InChI=1S/C12H15NO/c1-12(2)10-6-4-3-5-9(10)7-8-11(14)13-12/h3-6H,7-8H2,1-2H3,(H,13,14). The van der Waals surface area contributed by atoms with E-state index in [9.17, 15) is 4.79 Å². The fourth-order valence-electron chi connectivity index (χ4n) is 2.07. The van der Waals surface area contributed by atoms with Gasteiger partial charge in [0, 0.05) is 6.42 Å². The zero-order chi connectivity index (χ0) is 10.2. The molecule has 2 rings (SSSR count). The van der Waals surface area contributed by atoms with Crippen LogP contribution in [0, 0.1) is 0 Å². The zero-order valence-electron chi connectivity index (χ0n) is 8.63. The van der Waals surface area contributed by atoms with Crippen LogP contribution in [-0.4, -0.2) is 5.91 Å². The van der Waals surface area contributed by atoms with Crippen molar-refractivity contribution in [3.8, 4) is 0 Å². The van der Waals surface area contributed by atoms with E-state index in [1.807, 2.05) is 12.1 Å². The van der Waals surface area contributed by atoms with Crippen molar-refractivity contribution in [1.82, 2.24) is 5.32 Å². The van der Waals surface area contributed by atoms with Crippen LogP contribution in [0.1, 0.15) is 31.4 Å². The zero-order valence-corrected chi connectivity index (χ0v) is 8.63. The lowest BCUT2D eigenvalue weighted by molar-refractivity contribution is -0.122. The summed E-state index contributed by atoms with van der Waals surface area (Å²) in [5.41, 5.74) is 2.30. The summed E-state index contributed by atoms with van der Waals surface area (Å²) in [5.74, 6) is 0.145. The number of hydrogen-bond donors (Lipinski definition) is 1. The lowest BCUT2D eigenvalue weighted by Crippen LogP contribution is -2.39. The normalized spacial score (nSPS) is 19.4. The number of aryl methyl sites for hydroxylation is 1. The average Bonchev–Trinajstić information content (AvgIpc) is 2.24. The van der Waals surface area contributed by atoms with Crippen molar-refractivity contribution in [1.29, 1.82) is 0 Å². The number of carbonyl (C=O) groups is 1. The maximum absolute atomic E-state index is 11.5. The van der Waals surface area contributed by atoms with Crippen molar-refractivity contribution in [3.63, 3.8) is 0 Å². The third-order valence-corrected chi connectivity index (χ3v) is 2.76. The summed E-state index contributed by atoms with van der Waals surface area (Å²) in [6.07, 6.45) is 1.45. The van der Waals surface area contributed by atoms with Crippen LogP contribution in [0.3, 0.4) is 0 Å². The van der Waals surface area contributed by atoms with Gasteiger partial charge in [0.2, 0.25) is 5.91 Å². The van der Waals surface area contributed by atoms with Gasteiger partial charge in [-0.05, 0) is 31.4 Å². The van der Waals surface area contributed by atoms with Crippen molar-refractivity contribution in [2.24, 2.45) is 0 Å². The van der Waals surface area contributed by atoms with Crippen LogP contribution in [-0.2, 0) is 16.8 Å². The summed E-state index contributed by atoms with van der Waals surface area (Å²) in [6, 6.07) is 8.26. The number of nitrogens with one attached hydrogen (secondary N) is 1. The number of rotatable bonds is 0. The van der Waals surface area contributed by atoms with Gasteiger partial charge < -0.3 is 5.32 Å². The van der Waals surface area contributed by atoms with Crippen LogP contribution in [0.15, 0.2) is 24.3 Å². The predicted octanol–water partition coefficient (Wildman–Crippen LogP) is 1.98. The lowest BCUT2D eigenvalue weighted by Gasteiger charge is -2.26. The topological polar surface area (TPSA) is 29.1 Å². The molecule has 1 aliphatic heterocycles. The van der Waals surface area contributed by atoms with Gasteiger partial charge in [-0.3, -0.25) is 4.79 Å². The Hall–Kier alpha value is -1.31. The predicted molar refractivity (Wildman–Crippen MR) is 55.9 cm³/mol. The monoisotopic (exact) mass is 189 g/mol. The summed E-state index contributed by atoms with van der Waals surface area (Å²) in [6.45, 7) is 4.10. The Bertz CT molecular complexity index is 368. The highest BCUT2D eigenvalue weighted by Gasteiger charge is 2.27. The van der Waals surface area contributed by atoms with E-state index >= 15 is 0 Å². The van der Waals surface area contributed by atoms with E-state index in [0.717, 1.165) is 6.42 Å². The molecule has 0 saturated heterocycles. The molecule has 74 valence electrons. The van der Waals surface area contributed by atoms with Crippen LogP contribution in [0.4, 0.5) is 0 Å². The Morgan fingerprint density at radius 2 is 1.93 bits per heavy atom. The first-order valence-electron chi connectivity index (χ1n) is 4.99. The number of hydrogen-bond acceptors (Lipinski definition) is 1. The van der Waals surface area contributed by atoms with Gasteiger partial charge in [0.1, 0.15) is 0 Å². The molecule has 1 amide bonds. The van der Waals surface area contributed by atoms with E-state index in [-0.39, 0.29) is 11.4 Å².